The minimum atomic E-state index is -0.254. The predicted molar refractivity (Wildman–Crippen MR) is 87.8 cm³/mol. The number of nitrogens with one attached hydrogen (secondary N) is 1. The Morgan fingerprint density at radius 2 is 2.09 bits per heavy atom. The van der Waals surface area contributed by atoms with E-state index in [1.807, 2.05) is 6.92 Å². The van der Waals surface area contributed by atoms with E-state index in [1.54, 1.807) is 19.2 Å². The number of guanidine groups is 1. The molecule has 5 heteroatoms. The van der Waals surface area contributed by atoms with Crippen molar-refractivity contribution in [3.63, 3.8) is 0 Å². The molecule has 1 aromatic rings. The quantitative estimate of drug-likeness (QED) is 0.686. The summed E-state index contributed by atoms with van der Waals surface area (Å²) in [5.41, 5.74) is 0.341. The van der Waals surface area contributed by atoms with Gasteiger partial charge in [-0.1, -0.05) is 13.8 Å². The number of ether oxygens (including phenoxy) is 1. The molecule has 0 aliphatic carbocycles. The van der Waals surface area contributed by atoms with Gasteiger partial charge in [-0.3, -0.25) is 4.99 Å². The van der Waals surface area contributed by atoms with E-state index >= 15 is 0 Å². The normalized spacial score (nSPS) is 19.1. The number of benzene rings is 1. The average Bonchev–Trinajstić information content (AvgIpc) is 2.82. The van der Waals surface area contributed by atoms with Crippen molar-refractivity contribution < 1.29 is 9.13 Å². The molecule has 1 aliphatic heterocycles. The lowest BCUT2D eigenvalue weighted by Gasteiger charge is -2.25. The van der Waals surface area contributed by atoms with Gasteiger partial charge in [0.05, 0.1) is 6.54 Å². The van der Waals surface area contributed by atoms with Crippen molar-refractivity contribution in [2.24, 2.45) is 10.4 Å². The Labute approximate surface area is 132 Å². The highest BCUT2D eigenvalue weighted by Crippen LogP contribution is 2.28. The average molecular weight is 307 g/mol. The summed E-state index contributed by atoms with van der Waals surface area (Å²) in [5, 5.41) is 3.36. The Morgan fingerprint density at radius 3 is 2.64 bits per heavy atom. The maximum absolute atomic E-state index is 12.9. The Kier molecular flexibility index (Phi) is 5.27. The highest BCUT2D eigenvalue weighted by atomic mass is 19.1. The lowest BCUT2D eigenvalue weighted by Crippen LogP contribution is -2.44. The monoisotopic (exact) mass is 307 g/mol. The molecule has 4 nitrogen and oxygen atoms in total. The molecule has 1 heterocycles. The SMILES string of the molecule is CN=C(NCC(C)Oc1ccc(F)cc1)N1CCC(C)(C)C1. The second kappa shape index (κ2) is 6.99. The number of likely N-dealkylation sites (tertiary alicyclic amines) is 1. The lowest BCUT2D eigenvalue weighted by molar-refractivity contribution is 0.222. The molecule has 0 radical (unpaired) electrons. The topological polar surface area (TPSA) is 36.9 Å². The van der Waals surface area contributed by atoms with Crippen molar-refractivity contribution >= 4 is 5.96 Å². The highest BCUT2D eigenvalue weighted by Gasteiger charge is 2.30. The van der Waals surface area contributed by atoms with Crippen LogP contribution in [-0.4, -0.2) is 43.6 Å². The van der Waals surface area contributed by atoms with Crippen molar-refractivity contribution in [3.8, 4) is 5.75 Å². The highest BCUT2D eigenvalue weighted by molar-refractivity contribution is 5.80. The van der Waals surface area contributed by atoms with Crippen LogP contribution in [0.5, 0.6) is 5.75 Å². The van der Waals surface area contributed by atoms with E-state index < -0.39 is 0 Å². The van der Waals surface area contributed by atoms with E-state index in [-0.39, 0.29) is 11.9 Å². The van der Waals surface area contributed by atoms with Crippen LogP contribution >= 0.6 is 0 Å². The van der Waals surface area contributed by atoms with Crippen LogP contribution in [0, 0.1) is 11.2 Å². The first-order valence-electron chi connectivity index (χ1n) is 7.77. The van der Waals surface area contributed by atoms with E-state index in [9.17, 15) is 4.39 Å². The summed E-state index contributed by atoms with van der Waals surface area (Å²) < 4.78 is 18.6. The fraction of sp³-hybridized carbons (Fsp3) is 0.588. The summed E-state index contributed by atoms with van der Waals surface area (Å²) in [4.78, 5) is 6.63. The first-order chi connectivity index (χ1) is 10.4. The molecule has 1 fully saturated rings. The third kappa shape index (κ3) is 4.61. The van der Waals surface area contributed by atoms with E-state index in [2.05, 4.69) is 29.1 Å². The third-order valence-corrected chi connectivity index (χ3v) is 3.89. The summed E-state index contributed by atoms with van der Waals surface area (Å²) in [6.07, 6.45) is 1.15. The lowest BCUT2D eigenvalue weighted by atomic mass is 9.93. The second-order valence-corrected chi connectivity index (χ2v) is 6.65. The standard InChI is InChI=1S/C17H26FN3O/c1-13(22-15-7-5-14(18)6-8-15)11-20-16(19-4)21-10-9-17(2,3)12-21/h5-8,13H,9-12H2,1-4H3,(H,19,20). The summed E-state index contributed by atoms with van der Waals surface area (Å²) in [6.45, 7) is 9.24. The number of rotatable bonds is 4. The molecule has 0 amide bonds. The molecule has 0 bridgehead atoms. The van der Waals surface area contributed by atoms with Crippen LogP contribution < -0.4 is 10.1 Å². The van der Waals surface area contributed by atoms with Gasteiger partial charge in [0.2, 0.25) is 0 Å². The molecule has 0 saturated carbocycles. The van der Waals surface area contributed by atoms with Gasteiger partial charge in [-0.05, 0) is 43.0 Å². The van der Waals surface area contributed by atoms with Gasteiger partial charge in [-0.15, -0.1) is 0 Å². The largest absolute Gasteiger partial charge is 0.489 e. The zero-order chi connectivity index (χ0) is 16.2. The number of halogens is 1. The summed E-state index contributed by atoms with van der Waals surface area (Å²) in [7, 11) is 1.80. The fourth-order valence-corrected chi connectivity index (χ4v) is 2.65. The molecule has 1 atom stereocenters. The summed E-state index contributed by atoms with van der Waals surface area (Å²) in [5.74, 6) is 1.34. The Bertz CT molecular complexity index is 513. The van der Waals surface area contributed by atoms with Gasteiger partial charge in [0.15, 0.2) is 5.96 Å². The van der Waals surface area contributed by atoms with Crippen molar-refractivity contribution in [2.75, 3.05) is 26.7 Å². The van der Waals surface area contributed by atoms with Gasteiger partial charge >= 0.3 is 0 Å². The van der Waals surface area contributed by atoms with E-state index in [4.69, 9.17) is 4.74 Å². The molecule has 1 aliphatic rings. The van der Waals surface area contributed by atoms with Crippen LogP contribution in [0.15, 0.2) is 29.3 Å². The van der Waals surface area contributed by atoms with Gasteiger partial charge < -0.3 is 15.0 Å². The number of nitrogens with zero attached hydrogens (tertiary/aromatic N) is 2. The van der Waals surface area contributed by atoms with Crippen LogP contribution in [0.2, 0.25) is 0 Å². The zero-order valence-corrected chi connectivity index (χ0v) is 13.9. The van der Waals surface area contributed by atoms with Crippen molar-refractivity contribution in [1.82, 2.24) is 10.2 Å². The molecular weight excluding hydrogens is 281 g/mol. The molecule has 1 N–H and O–H groups in total. The minimum Gasteiger partial charge on any atom is -0.489 e. The summed E-state index contributed by atoms with van der Waals surface area (Å²) in [6, 6.07) is 6.09. The molecule has 0 spiro atoms. The molecule has 2 rings (SSSR count). The zero-order valence-electron chi connectivity index (χ0n) is 13.9. The maximum atomic E-state index is 12.9. The van der Waals surface area contributed by atoms with Crippen molar-refractivity contribution in [1.29, 1.82) is 0 Å². The smallest absolute Gasteiger partial charge is 0.193 e. The van der Waals surface area contributed by atoms with Crippen LogP contribution in [0.25, 0.3) is 0 Å². The first kappa shape index (κ1) is 16.6. The van der Waals surface area contributed by atoms with E-state index in [1.165, 1.54) is 18.6 Å². The Morgan fingerprint density at radius 1 is 1.41 bits per heavy atom. The van der Waals surface area contributed by atoms with E-state index in [0.29, 0.717) is 17.7 Å². The predicted octanol–water partition coefficient (Wildman–Crippen LogP) is 2.90. The van der Waals surface area contributed by atoms with Crippen LogP contribution in [-0.2, 0) is 0 Å². The molecule has 0 aromatic heterocycles. The third-order valence-electron chi connectivity index (χ3n) is 3.89. The molecular formula is C17H26FN3O. The number of hydrogen-bond donors (Lipinski definition) is 1. The minimum absolute atomic E-state index is 0.0298. The van der Waals surface area contributed by atoms with Crippen molar-refractivity contribution in [2.45, 2.75) is 33.3 Å². The molecule has 1 saturated heterocycles. The molecule has 122 valence electrons. The maximum Gasteiger partial charge on any atom is 0.193 e. The fourth-order valence-electron chi connectivity index (χ4n) is 2.65. The molecule has 22 heavy (non-hydrogen) atoms. The van der Waals surface area contributed by atoms with Gasteiger partial charge in [0, 0.05) is 20.1 Å². The Hall–Kier alpha value is -1.78. The second-order valence-electron chi connectivity index (χ2n) is 6.65. The molecule has 1 unspecified atom stereocenters. The Balaban J connectivity index is 1.82. The van der Waals surface area contributed by atoms with Gasteiger partial charge in [-0.2, -0.15) is 0 Å². The molecule has 1 aromatic carbocycles. The van der Waals surface area contributed by atoms with Gasteiger partial charge in [0.25, 0.3) is 0 Å². The van der Waals surface area contributed by atoms with E-state index in [0.717, 1.165) is 19.0 Å². The number of hydrogen-bond acceptors (Lipinski definition) is 2. The van der Waals surface area contributed by atoms with Crippen LogP contribution in [0.3, 0.4) is 0 Å². The number of aliphatic imine (C=N–C) groups is 1. The van der Waals surface area contributed by atoms with Crippen molar-refractivity contribution in [3.05, 3.63) is 30.1 Å². The van der Waals surface area contributed by atoms with Crippen LogP contribution in [0.4, 0.5) is 4.39 Å². The van der Waals surface area contributed by atoms with Gasteiger partial charge in [-0.25, -0.2) is 4.39 Å². The van der Waals surface area contributed by atoms with Crippen LogP contribution in [0.1, 0.15) is 27.2 Å². The summed E-state index contributed by atoms with van der Waals surface area (Å²) >= 11 is 0. The first-order valence-corrected chi connectivity index (χ1v) is 7.77. The van der Waals surface area contributed by atoms with Gasteiger partial charge in [0.1, 0.15) is 17.7 Å².